The van der Waals surface area contributed by atoms with Gasteiger partial charge in [-0.2, -0.15) is 0 Å². The van der Waals surface area contributed by atoms with Crippen molar-refractivity contribution in [3.8, 4) is 5.75 Å². The number of para-hydroxylation sites is 1. The zero-order chi connectivity index (χ0) is 16.8. The van der Waals surface area contributed by atoms with Crippen LogP contribution in [0.4, 0.5) is 5.69 Å². The van der Waals surface area contributed by atoms with E-state index in [-0.39, 0.29) is 12.5 Å². The van der Waals surface area contributed by atoms with Crippen molar-refractivity contribution in [2.24, 2.45) is 0 Å². The van der Waals surface area contributed by atoms with Crippen LogP contribution in [0.1, 0.15) is 36.1 Å². The predicted molar refractivity (Wildman–Crippen MR) is 95.2 cm³/mol. The molecule has 2 aromatic carbocycles. The lowest BCUT2D eigenvalue weighted by Gasteiger charge is -2.15. The molecule has 0 saturated carbocycles. The molecule has 2 aromatic rings. The zero-order valence-corrected chi connectivity index (χ0v) is 14.4. The van der Waals surface area contributed by atoms with Crippen LogP contribution in [0.3, 0.4) is 0 Å². The van der Waals surface area contributed by atoms with Gasteiger partial charge in [0.2, 0.25) is 0 Å². The molecule has 0 unspecified atom stereocenters. The maximum atomic E-state index is 12.3. The fourth-order valence-electron chi connectivity index (χ4n) is 2.74. The minimum absolute atomic E-state index is 0.0180. The number of carbonyl (C=O) groups excluding carboxylic acids is 1. The summed E-state index contributed by atoms with van der Waals surface area (Å²) in [6.07, 6.45) is 1.78. The van der Waals surface area contributed by atoms with E-state index in [0.29, 0.717) is 0 Å². The third-order valence-electron chi connectivity index (χ3n) is 3.83. The summed E-state index contributed by atoms with van der Waals surface area (Å²) in [7, 11) is 0. The van der Waals surface area contributed by atoms with E-state index in [1.165, 1.54) is 0 Å². The molecular formula is C20H25NO2. The molecule has 0 radical (unpaired) electrons. The molecule has 23 heavy (non-hydrogen) atoms. The molecule has 0 aromatic heterocycles. The van der Waals surface area contributed by atoms with Gasteiger partial charge in [-0.25, -0.2) is 0 Å². The second-order valence-corrected chi connectivity index (χ2v) is 5.82. The van der Waals surface area contributed by atoms with Crippen molar-refractivity contribution in [2.45, 2.75) is 40.5 Å². The van der Waals surface area contributed by atoms with Gasteiger partial charge in [0.25, 0.3) is 5.91 Å². The highest BCUT2D eigenvalue weighted by molar-refractivity contribution is 5.93. The Morgan fingerprint density at radius 2 is 1.57 bits per heavy atom. The summed E-state index contributed by atoms with van der Waals surface area (Å²) in [6.45, 7) is 8.24. The second-order valence-electron chi connectivity index (χ2n) is 5.82. The number of benzene rings is 2. The molecule has 1 amide bonds. The average Bonchev–Trinajstić information content (AvgIpc) is 2.52. The van der Waals surface area contributed by atoms with Crippen LogP contribution >= 0.6 is 0 Å². The maximum absolute atomic E-state index is 12.3. The molecule has 1 N–H and O–H groups in total. The Labute approximate surface area is 138 Å². The molecule has 0 bridgehead atoms. The topological polar surface area (TPSA) is 38.3 Å². The van der Waals surface area contributed by atoms with Gasteiger partial charge in [0.1, 0.15) is 5.75 Å². The quantitative estimate of drug-likeness (QED) is 0.856. The minimum atomic E-state index is -0.125. The van der Waals surface area contributed by atoms with Crippen LogP contribution in [0, 0.1) is 13.8 Å². The summed E-state index contributed by atoms with van der Waals surface area (Å²) >= 11 is 0. The Bertz CT molecular complexity index is 650. The van der Waals surface area contributed by atoms with Gasteiger partial charge in [-0.1, -0.05) is 38.1 Å². The Hall–Kier alpha value is -2.29. The highest BCUT2D eigenvalue weighted by atomic mass is 16.5. The summed E-state index contributed by atoms with van der Waals surface area (Å²) < 4.78 is 5.64. The van der Waals surface area contributed by atoms with Crippen molar-refractivity contribution in [1.82, 2.24) is 0 Å². The molecular weight excluding hydrogens is 286 g/mol. The third-order valence-corrected chi connectivity index (χ3v) is 3.83. The van der Waals surface area contributed by atoms with E-state index in [4.69, 9.17) is 4.74 Å². The number of nitrogens with one attached hydrogen (secondary N) is 1. The summed E-state index contributed by atoms with van der Waals surface area (Å²) in [5.41, 5.74) is 5.51. The second kappa shape index (κ2) is 7.82. The molecule has 0 aliphatic rings. The van der Waals surface area contributed by atoms with Crippen molar-refractivity contribution in [3.05, 3.63) is 58.7 Å². The number of hydrogen-bond donors (Lipinski definition) is 1. The smallest absolute Gasteiger partial charge is 0.262 e. The molecule has 0 fully saturated rings. The van der Waals surface area contributed by atoms with Crippen molar-refractivity contribution < 1.29 is 9.53 Å². The van der Waals surface area contributed by atoms with Crippen molar-refractivity contribution in [2.75, 3.05) is 11.9 Å². The van der Waals surface area contributed by atoms with Crippen LogP contribution in [0.2, 0.25) is 0 Å². The van der Waals surface area contributed by atoms with Crippen LogP contribution < -0.4 is 10.1 Å². The van der Waals surface area contributed by atoms with Crippen molar-refractivity contribution >= 4 is 11.6 Å². The summed E-state index contributed by atoms with van der Waals surface area (Å²) in [4.78, 5) is 12.3. The first kappa shape index (κ1) is 17.1. The predicted octanol–water partition coefficient (Wildman–Crippen LogP) is 4.45. The zero-order valence-electron chi connectivity index (χ0n) is 14.4. The number of carbonyl (C=O) groups is 1. The first-order valence-corrected chi connectivity index (χ1v) is 8.15. The van der Waals surface area contributed by atoms with Gasteiger partial charge in [-0.15, -0.1) is 0 Å². The molecule has 0 aliphatic carbocycles. The van der Waals surface area contributed by atoms with Crippen LogP contribution in [0.5, 0.6) is 5.75 Å². The van der Waals surface area contributed by atoms with Gasteiger partial charge < -0.3 is 10.1 Å². The SMILES string of the molecule is CCc1cccc(CC)c1NC(=O)COc1cc(C)cc(C)c1. The molecule has 0 aliphatic heterocycles. The number of aryl methyl sites for hydroxylation is 4. The monoisotopic (exact) mass is 311 g/mol. The lowest BCUT2D eigenvalue weighted by atomic mass is 10.0. The van der Waals surface area contributed by atoms with Crippen LogP contribution in [-0.2, 0) is 17.6 Å². The fraction of sp³-hybridized carbons (Fsp3) is 0.350. The van der Waals surface area contributed by atoms with Gasteiger partial charge >= 0.3 is 0 Å². The number of rotatable bonds is 6. The Morgan fingerprint density at radius 3 is 2.09 bits per heavy atom. The third kappa shape index (κ3) is 4.59. The van der Waals surface area contributed by atoms with Gasteiger partial charge in [-0.3, -0.25) is 4.79 Å². The van der Waals surface area contributed by atoms with E-state index in [9.17, 15) is 4.79 Å². The largest absolute Gasteiger partial charge is 0.484 e. The molecule has 3 heteroatoms. The van der Waals surface area contributed by atoms with Gasteiger partial charge in [-0.05, 0) is 61.1 Å². The Balaban J connectivity index is 2.05. The van der Waals surface area contributed by atoms with Crippen LogP contribution in [0.15, 0.2) is 36.4 Å². The summed E-state index contributed by atoms with van der Waals surface area (Å²) in [6, 6.07) is 12.1. The molecule has 122 valence electrons. The van der Waals surface area contributed by atoms with E-state index in [2.05, 4.69) is 37.4 Å². The lowest BCUT2D eigenvalue weighted by molar-refractivity contribution is -0.118. The van der Waals surface area contributed by atoms with Gasteiger partial charge in [0, 0.05) is 5.69 Å². The Kier molecular flexibility index (Phi) is 5.80. The first-order valence-electron chi connectivity index (χ1n) is 8.15. The standard InChI is InChI=1S/C20H25NO2/c1-5-16-8-7-9-17(6-2)20(16)21-19(22)13-23-18-11-14(3)10-15(4)12-18/h7-12H,5-6,13H2,1-4H3,(H,21,22). The summed E-state index contributed by atoms with van der Waals surface area (Å²) in [5.74, 6) is 0.608. The van der Waals surface area contributed by atoms with E-state index in [0.717, 1.165) is 46.5 Å². The molecule has 0 spiro atoms. The molecule has 0 atom stereocenters. The molecule has 2 rings (SSSR count). The lowest BCUT2D eigenvalue weighted by Crippen LogP contribution is -2.21. The minimum Gasteiger partial charge on any atom is -0.484 e. The molecule has 0 heterocycles. The normalized spacial score (nSPS) is 10.4. The van der Waals surface area contributed by atoms with E-state index >= 15 is 0 Å². The fourth-order valence-corrected chi connectivity index (χ4v) is 2.74. The van der Waals surface area contributed by atoms with E-state index < -0.39 is 0 Å². The van der Waals surface area contributed by atoms with Gasteiger partial charge in [0.05, 0.1) is 0 Å². The van der Waals surface area contributed by atoms with Crippen molar-refractivity contribution in [3.63, 3.8) is 0 Å². The van der Waals surface area contributed by atoms with Crippen LogP contribution in [-0.4, -0.2) is 12.5 Å². The maximum Gasteiger partial charge on any atom is 0.262 e. The highest BCUT2D eigenvalue weighted by Crippen LogP contribution is 2.22. The van der Waals surface area contributed by atoms with Gasteiger partial charge in [0.15, 0.2) is 6.61 Å². The van der Waals surface area contributed by atoms with E-state index in [1.807, 2.05) is 32.0 Å². The van der Waals surface area contributed by atoms with Crippen LogP contribution in [0.25, 0.3) is 0 Å². The number of ether oxygens (including phenoxy) is 1. The van der Waals surface area contributed by atoms with Crippen molar-refractivity contribution in [1.29, 1.82) is 0 Å². The first-order chi connectivity index (χ1) is 11.0. The number of anilines is 1. The van der Waals surface area contributed by atoms with E-state index in [1.54, 1.807) is 0 Å². The highest BCUT2D eigenvalue weighted by Gasteiger charge is 2.10. The average molecular weight is 311 g/mol. The number of hydrogen-bond acceptors (Lipinski definition) is 2. The molecule has 0 saturated heterocycles. The summed E-state index contributed by atoms with van der Waals surface area (Å²) in [5, 5.41) is 3.02. The number of amides is 1. The molecule has 3 nitrogen and oxygen atoms in total. The Morgan fingerprint density at radius 1 is 1.00 bits per heavy atom.